The van der Waals surface area contributed by atoms with E-state index in [4.69, 9.17) is 0 Å². The molecule has 1 aromatic carbocycles. The van der Waals surface area contributed by atoms with Crippen molar-refractivity contribution < 1.29 is 4.79 Å². The third-order valence-electron chi connectivity index (χ3n) is 6.40. The van der Waals surface area contributed by atoms with E-state index >= 15 is 0 Å². The maximum Gasteiger partial charge on any atom is 0.270 e. The number of anilines is 3. The van der Waals surface area contributed by atoms with Crippen LogP contribution in [-0.2, 0) is 17.9 Å². The summed E-state index contributed by atoms with van der Waals surface area (Å²) in [5.74, 6) is 0.514. The van der Waals surface area contributed by atoms with Crippen molar-refractivity contribution in [2.75, 3.05) is 23.7 Å². The van der Waals surface area contributed by atoms with E-state index in [9.17, 15) is 14.9 Å². The van der Waals surface area contributed by atoms with Gasteiger partial charge in [0.1, 0.15) is 17.3 Å². The van der Waals surface area contributed by atoms with Gasteiger partial charge in [-0.1, -0.05) is 18.7 Å². The quantitative estimate of drug-likeness (QED) is 0.308. The molecule has 0 radical (unpaired) electrons. The average Bonchev–Trinajstić information content (AvgIpc) is 3.37. The summed E-state index contributed by atoms with van der Waals surface area (Å²) in [5, 5.41) is 23.8. The molecule has 4 aromatic rings. The number of piperidine rings is 1. The number of carbonyl (C=O) groups is 1. The van der Waals surface area contributed by atoms with Gasteiger partial charge in [0.15, 0.2) is 0 Å². The number of pyridine rings is 1. The lowest BCUT2D eigenvalue weighted by molar-refractivity contribution is -0.111. The Hall–Kier alpha value is -4.82. The summed E-state index contributed by atoms with van der Waals surface area (Å²) in [6, 6.07) is 10.6. The highest BCUT2D eigenvalue weighted by Crippen LogP contribution is 2.19. The molecule has 3 N–H and O–H groups in total. The first-order valence-corrected chi connectivity index (χ1v) is 12.4. The number of nitrogens with zero attached hydrogens (tertiary/aromatic N) is 6. The van der Waals surface area contributed by atoms with Crippen molar-refractivity contribution >= 4 is 34.3 Å². The summed E-state index contributed by atoms with van der Waals surface area (Å²) in [4.78, 5) is 33.8. The van der Waals surface area contributed by atoms with Gasteiger partial charge >= 0.3 is 0 Å². The van der Waals surface area contributed by atoms with Crippen LogP contribution in [0.2, 0.25) is 0 Å². The highest BCUT2D eigenvalue weighted by atomic mass is 16.1. The van der Waals surface area contributed by atoms with Gasteiger partial charge in [0.2, 0.25) is 11.9 Å². The predicted octanol–water partition coefficient (Wildman–Crippen LogP) is 2.78. The number of nitrogens with one attached hydrogen (secondary N) is 3. The van der Waals surface area contributed by atoms with Gasteiger partial charge in [0.05, 0.1) is 18.4 Å². The Kier molecular flexibility index (Phi) is 7.24. The highest BCUT2D eigenvalue weighted by molar-refractivity contribution is 5.98. The summed E-state index contributed by atoms with van der Waals surface area (Å²) in [6.07, 6.45) is 8.75. The van der Waals surface area contributed by atoms with Crippen LogP contribution in [0.4, 0.5) is 17.3 Å². The molecule has 5 rings (SSSR count). The summed E-state index contributed by atoms with van der Waals surface area (Å²) in [6.45, 7) is 6.49. The molecular weight excluding hydrogens is 482 g/mol. The second-order valence-corrected chi connectivity index (χ2v) is 9.22. The van der Waals surface area contributed by atoms with E-state index in [1.165, 1.54) is 29.6 Å². The lowest BCUT2D eigenvalue weighted by Crippen LogP contribution is -2.32. The Labute approximate surface area is 218 Å². The minimum atomic E-state index is -0.459. The standard InChI is InChI=1S/C27H27N9O2/c1-2-24(37)32-22-7-3-5-18(9-22)16-36-25-21(10-20(11-28)26(36)38)13-30-27(34-25)33-23-14-31-35(17-23)15-19-6-4-8-29-12-19/h2-3,5,7,9-10,13-14,17,19,29H,1,4,6,8,12,15-16H2,(H,32,37)(H,30,33,34). The second-order valence-electron chi connectivity index (χ2n) is 9.22. The van der Waals surface area contributed by atoms with E-state index in [0.29, 0.717) is 28.6 Å². The Morgan fingerprint density at radius 3 is 2.97 bits per heavy atom. The molecule has 1 unspecified atom stereocenters. The van der Waals surface area contributed by atoms with Gasteiger partial charge in [-0.3, -0.25) is 18.8 Å². The maximum absolute atomic E-state index is 13.1. The first-order chi connectivity index (χ1) is 18.5. The zero-order valence-corrected chi connectivity index (χ0v) is 20.7. The third kappa shape index (κ3) is 5.61. The Bertz CT molecular complexity index is 1590. The topological polar surface area (TPSA) is 143 Å². The lowest BCUT2D eigenvalue weighted by atomic mass is 10.00. The molecule has 0 saturated carbocycles. The lowest BCUT2D eigenvalue weighted by Gasteiger charge is -2.22. The van der Waals surface area contributed by atoms with E-state index in [-0.39, 0.29) is 18.0 Å². The number of hydrogen-bond acceptors (Lipinski definition) is 8. The summed E-state index contributed by atoms with van der Waals surface area (Å²) in [7, 11) is 0. The van der Waals surface area contributed by atoms with Crippen molar-refractivity contribution in [3.8, 4) is 6.07 Å². The normalized spacial score (nSPS) is 15.1. The molecule has 1 fully saturated rings. The SMILES string of the molecule is C=CC(=O)Nc1cccc(Cn2c(=O)c(C#N)cc3cnc(Nc4cnn(CC5CCCNC5)c4)nc32)c1. The van der Waals surface area contributed by atoms with E-state index in [1.54, 1.807) is 30.6 Å². The van der Waals surface area contributed by atoms with Crippen molar-refractivity contribution in [2.45, 2.75) is 25.9 Å². The fraction of sp³-hybridized carbons (Fsp3) is 0.259. The van der Waals surface area contributed by atoms with Crippen LogP contribution in [0.25, 0.3) is 11.0 Å². The van der Waals surface area contributed by atoms with Crippen molar-refractivity contribution in [2.24, 2.45) is 5.92 Å². The second kappa shape index (κ2) is 11.1. The Morgan fingerprint density at radius 2 is 2.18 bits per heavy atom. The monoisotopic (exact) mass is 509 g/mol. The van der Waals surface area contributed by atoms with Gasteiger partial charge in [-0.15, -0.1) is 0 Å². The first-order valence-electron chi connectivity index (χ1n) is 12.4. The molecule has 1 aliphatic rings. The van der Waals surface area contributed by atoms with Gasteiger partial charge in [-0.25, -0.2) is 4.98 Å². The van der Waals surface area contributed by atoms with E-state index < -0.39 is 5.56 Å². The zero-order valence-electron chi connectivity index (χ0n) is 20.7. The molecule has 1 amide bonds. The molecule has 3 aromatic heterocycles. The van der Waals surface area contributed by atoms with Crippen molar-refractivity contribution in [3.05, 3.63) is 83.1 Å². The van der Waals surface area contributed by atoms with Crippen LogP contribution >= 0.6 is 0 Å². The van der Waals surface area contributed by atoms with Gasteiger partial charge in [0.25, 0.3) is 5.56 Å². The average molecular weight is 510 g/mol. The molecule has 0 bridgehead atoms. The van der Waals surface area contributed by atoms with Gasteiger partial charge in [-0.05, 0) is 61.7 Å². The fourth-order valence-electron chi connectivity index (χ4n) is 4.57. The minimum Gasteiger partial charge on any atom is -0.323 e. The van der Waals surface area contributed by atoms with Crippen LogP contribution in [0.1, 0.15) is 24.0 Å². The molecule has 38 heavy (non-hydrogen) atoms. The van der Waals surface area contributed by atoms with Crippen molar-refractivity contribution in [3.63, 3.8) is 0 Å². The van der Waals surface area contributed by atoms with E-state index in [1.807, 2.05) is 23.0 Å². The molecule has 1 aliphatic heterocycles. The molecule has 11 nitrogen and oxygen atoms in total. The summed E-state index contributed by atoms with van der Waals surface area (Å²) < 4.78 is 3.35. The van der Waals surface area contributed by atoms with Crippen LogP contribution in [0, 0.1) is 17.2 Å². The summed E-state index contributed by atoms with van der Waals surface area (Å²) >= 11 is 0. The Balaban J connectivity index is 1.43. The summed E-state index contributed by atoms with van der Waals surface area (Å²) in [5.41, 5.74) is 1.97. The number of fused-ring (bicyclic) bond motifs is 1. The van der Waals surface area contributed by atoms with Crippen LogP contribution in [0.15, 0.2) is 66.4 Å². The van der Waals surface area contributed by atoms with Crippen molar-refractivity contribution in [1.82, 2.24) is 29.6 Å². The van der Waals surface area contributed by atoms with E-state index in [0.717, 1.165) is 30.9 Å². The van der Waals surface area contributed by atoms with Crippen LogP contribution < -0.4 is 21.5 Å². The number of aromatic nitrogens is 5. The zero-order chi connectivity index (χ0) is 26.5. The Morgan fingerprint density at radius 1 is 1.29 bits per heavy atom. The maximum atomic E-state index is 13.1. The highest BCUT2D eigenvalue weighted by Gasteiger charge is 2.15. The number of rotatable bonds is 8. The molecule has 1 atom stereocenters. The van der Waals surface area contributed by atoms with E-state index in [2.05, 4.69) is 37.6 Å². The molecule has 0 aliphatic carbocycles. The largest absolute Gasteiger partial charge is 0.323 e. The fourth-order valence-corrected chi connectivity index (χ4v) is 4.57. The smallest absolute Gasteiger partial charge is 0.270 e. The molecule has 4 heterocycles. The number of carbonyl (C=O) groups excluding carboxylic acids is 1. The minimum absolute atomic E-state index is 0.00333. The number of hydrogen-bond donors (Lipinski definition) is 3. The van der Waals surface area contributed by atoms with Crippen LogP contribution in [0.3, 0.4) is 0 Å². The number of nitriles is 1. The molecular formula is C27H27N9O2. The number of amides is 1. The van der Waals surface area contributed by atoms with Crippen molar-refractivity contribution in [1.29, 1.82) is 5.26 Å². The van der Waals surface area contributed by atoms with Gasteiger partial charge in [-0.2, -0.15) is 15.3 Å². The third-order valence-corrected chi connectivity index (χ3v) is 6.40. The van der Waals surface area contributed by atoms with Crippen LogP contribution in [0.5, 0.6) is 0 Å². The molecule has 0 spiro atoms. The van der Waals surface area contributed by atoms with Crippen LogP contribution in [-0.4, -0.2) is 43.3 Å². The number of benzene rings is 1. The first kappa shape index (κ1) is 24.9. The molecule has 1 saturated heterocycles. The van der Waals surface area contributed by atoms with Gasteiger partial charge < -0.3 is 16.0 Å². The van der Waals surface area contributed by atoms with Gasteiger partial charge in [0, 0.05) is 30.0 Å². The molecule has 11 heteroatoms. The molecule has 192 valence electrons. The predicted molar refractivity (Wildman–Crippen MR) is 144 cm³/mol.